The Balaban J connectivity index is 1.25. The molecule has 0 aliphatic carbocycles. The van der Waals surface area contributed by atoms with Gasteiger partial charge in [0.1, 0.15) is 11.5 Å². The summed E-state index contributed by atoms with van der Waals surface area (Å²) in [5, 5.41) is 7.79. The molecule has 1 atom stereocenters. The zero-order valence-electron chi connectivity index (χ0n) is 20.9. The van der Waals surface area contributed by atoms with Gasteiger partial charge in [-0.3, -0.25) is 0 Å². The van der Waals surface area contributed by atoms with Crippen molar-refractivity contribution in [3.05, 3.63) is 66.6 Å². The van der Waals surface area contributed by atoms with Gasteiger partial charge in [-0.2, -0.15) is 4.98 Å². The van der Waals surface area contributed by atoms with E-state index < -0.39 is 0 Å². The van der Waals surface area contributed by atoms with Gasteiger partial charge < -0.3 is 25.4 Å². The molecule has 0 radical (unpaired) electrons. The molecule has 2 aliphatic heterocycles. The Morgan fingerprint density at radius 2 is 1.92 bits per heavy atom. The number of nitrogens with one attached hydrogen (secondary N) is 3. The molecular formula is C28H32N8. The number of aromatic nitrogens is 4. The van der Waals surface area contributed by atoms with Crippen LogP contribution in [-0.2, 0) is 0 Å². The fourth-order valence-corrected chi connectivity index (χ4v) is 5.14. The van der Waals surface area contributed by atoms with Crippen LogP contribution in [-0.4, -0.2) is 64.6 Å². The van der Waals surface area contributed by atoms with E-state index in [-0.39, 0.29) is 0 Å². The maximum atomic E-state index is 4.76. The molecule has 3 N–H and O–H groups in total. The minimum Gasteiger partial charge on any atom is -0.385 e. The molecule has 3 aromatic heterocycles. The number of nitrogens with zero attached hydrogens (tertiary/aromatic N) is 5. The van der Waals surface area contributed by atoms with Gasteiger partial charge in [-0.1, -0.05) is 31.7 Å². The molecular weight excluding hydrogens is 448 g/mol. The normalized spacial score (nSPS) is 18.6. The van der Waals surface area contributed by atoms with Crippen LogP contribution in [0.2, 0.25) is 0 Å². The van der Waals surface area contributed by atoms with E-state index >= 15 is 0 Å². The predicted octanol–water partition coefficient (Wildman–Crippen LogP) is 4.58. The molecule has 5 heterocycles. The molecule has 1 saturated heterocycles. The lowest BCUT2D eigenvalue weighted by Gasteiger charge is -2.33. The van der Waals surface area contributed by atoms with E-state index in [0.717, 1.165) is 78.5 Å². The fraction of sp³-hybridized carbons (Fsp3) is 0.321. The largest absolute Gasteiger partial charge is 0.385 e. The molecule has 1 fully saturated rings. The standard InChI is InChI=1S/C28H32N8/c1-18-6-8-29-19(2)22-5-4-20(14-23(18)22)24-16-31-27-25(24)17-32-28(34-27)33-21-7-9-30-26(15-21)36-12-10-35(3)11-13-36/h4-5,7,9,14-18,29H,2,6,8,10-13H2,1,3H3,(H2,30,31,32,33,34). The smallest absolute Gasteiger partial charge is 0.229 e. The Labute approximate surface area is 211 Å². The number of fused-ring (bicyclic) bond motifs is 2. The lowest BCUT2D eigenvalue weighted by molar-refractivity contribution is 0.312. The molecule has 0 spiro atoms. The Morgan fingerprint density at radius 1 is 1.06 bits per heavy atom. The van der Waals surface area contributed by atoms with Gasteiger partial charge in [-0.15, -0.1) is 0 Å². The summed E-state index contributed by atoms with van der Waals surface area (Å²) >= 11 is 0. The lowest BCUT2D eigenvalue weighted by atomic mass is 9.90. The van der Waals surface area contributed by atoms with Gasteiger partial charge in [-0.05, 0) is 36.6 Å². The third kappa shape index (κ3) is 4.28. The van der Waals surface area contributed by atoms with Crippen molar-refractivity contribution in [2.75, 3.05) is 50.0 Å². The Bertz CT molecular complexity index is 1420. The summed E-state index contributed by atoms with van der Waals surface area (Å²) in [6, 6.07) is 10.7. The average Bonchev–Trinajstić information content (AvgIpc) is 3.26. The van der Waals surface area contributed by atoms with Gasteiger partial charge in [-0.25, -0.2) is 9.97 Å². The summed E-state index contributed by atoms with van der Waals surface area (Å²) in [6.45, 7) is 11.5. The number of hydrogen-bond donors (Lipinski definition) is 3. The molecule has 184 valence electrons. The first-order valence-electron chi connectivity index (χ1n) is 12.6. The predicted molar refractivity (Wildman–Crippen MR) is 147 cm³/mol. The number of H-pyrrole nitrogens is 1. The van der Waals surface area contributed by atoms with E-state index in [1.54, 1.807) is 0 Å². The maximum absolute atomic E-state index is 4.76. The number of hydrogen-bond acceptors (Lipinski definition) is 7. The second-order valence-corrected chi connectivity index (χ2v) is 9.87. The first-order valence-corrected chi connectivity index (χ1v) is 12.6. The Kier molecular flexibility index (Phi) is 5.81. The van der Waals surface area contributed by atoms with Crippen molar-refractivity contribution in [1.82, 2.24) is 30.2 Å². The van der Waals surface area contributed by atoms with Crippen molar-refractivity contribution in [2.24, 2.45) is 0 Å². The number of benzene rings is 1. The van der Waals surface area contributed by atoms with Crippen LogP contribution in [0.4, 0.5) is 17.5 Å². The van der Waals surface area contributed by atoms with Crippen LogP contribution in [0.5, 0.6) is 0 Å². The summed E-state index contributed by atoms with van der Waals surface area (Å²) in [5.74, 6) is 2.01. The summed E-state index contributed by atoms with van der Waals surface area (Å²) in [7, 11) is 2.16. The molecule has 8 nitrogen and oxygen atoms in total. The van der Waals surface area contributed by atoms with Crippen LogP contribution < -0.4 is 15.5 Å². The highest BCUT2D eigenvalue weighted by atomic mass is 15.3. The highest BCUT2D eigenvalue weighted by molar-refractivity contribution is 5.94. The fourth-order valence-electron chi connectivity index (χ4n) is 5.14. The van der Waals surface area contributed by atoms with Crippen molar-refractivity contribution >= 4 is 34.2 Å². The average molecular weight is 481 g/mol. The number of likely N-dealkylation sites (N-methyl/N-ethyl adjacent to an activating group) is 1. The van der Waals surface area contributed by atoms with Gasteiger partial charge in [0.2, 0.25) is 5.95 Å². The lowest BCUT2D eigenvalue weighted by Crippen LogP contribution is -2.44. The zero-order chi connectivity index (χ0) is 24.6. The van der Waals surface area contributed by atoms with E-state index in [0.29, 0.717) is 11.9 Å². The second-order valence-electron chi connectivity index (χ2n) is 9.87. The van der Waals surface area contributed by atoms with Crippen molar-refractivity contribution in [3.63, 3.8) is 0 Å². The number of aromatic amines is 1. The van der Waals surface area contributed by atoms with Crippen LogP contribution >= 0.6 is 0 Å². The summed E-state index contributed by atoms with van der Waals surface area (Å²) in [6.07, 6.45) is 6.85. The van der Waals surface area contributed by atoms with Crippen molar-refractivity contribution in [2.45, 2.75) is 19.3 Å². The molecule has 2 aliphatic rings. The minimum absolute atomic E-state index is 0.472. The molecule has 1 unspecified atom stereocenters. The Hall–Kier alpha value is -3.91. The molecule has 4 aromatic rings. The zero-order valence-corrected chi connectivity index (χ0v) is 20.9. The van der Waals surface area contributed by atoms with Gasteiger partial charge >= 0.3 is 0 Å². The first kappa shape index (κ1) is 22.5. The highest BCUT2D eigenvalue weighted by Crippen LogP contribution is 2.35. The van der Waals surface area contributed by atoms with Crippen LogP contribution in [0.15, 0.2) is 55.5 Å². The number of piperazine rings is 1. The number of anilines is 3. The maximum Gasteiger partial charge on any atom is 0.229 e. The van der Waals surface area contributed by atoms with E-state index in [1.165, 1.54) is 11.1 Å². The SMILES string of the molecule is C=C1NCCC(C)c2cc(-c3c[nH]c4nc(Nc5ccnc(N6CCN(C)CC6)c5)ncc34)ccc21. The summed E-state index contributed by atoms with van der Waals surface area (Å²) in [4.78, 5) is 22.0. The Morgan fingerprint density at radius 3 is 2.78 bits per heavy atom. The summed E-state index contributed by atoms with van der Waals surface area (Å²) in [5.41, 5.74) is 7.56. The van der Waals surface area contributed by atoms with E-state index in [4.69, 9.17) is 4.98 Å². The molecule has 6 rings (SSSR count). The third-order valence-corrected chi connectivity index (χ3v) is 7.40. The first-order chi connectivity index (χ1) is 17.5. The summed E-state index contributed by atoms with van der Waals surface area (Å²) < 4.78 is 0. The van der Waals surface area contributed by atoms with Crippen molar-refractivity contribution in [1.29, 1.82) is 0 Å². The third-order valence-electron chi connectivity index (χ3n) is 7.40. The van der Waals surface area contributed by atoms with E-state index in [9.17, 15) is 0 Å². The molecule has 1 aromatic carbocycles. The minimum atomic E-state index is 0.472. The molecule has 0 saturated carbocycles. The number of pyridine rings is 1. The highest BCUT2D eigenvalue weighted by Gasteiger charge is 2.19. The molecule has 8 heteroatoms. The molecule has 36 heavy (non-hydrogen) atoms. The van der Waals surface area contributed by atoms with Crippen LogP contribution in [0.25, 0.3) is 27.9 Å². The monoisotopic (exact) mass is 480 g/mol. The second kappa shape index (κ2) is 9.28. The topological polar surface area (TPSA) is 85.0 Å². The number of rotatable bonds is 4. The van der Waals surface area contributed by atoms with Crippen molar-refractivity contribution in [3.8, 4) is 11.1 Å². The van der Waals surface area contributed by atoms with Crippen molar-refractivity contribution < 1.29 is 0 Å². The van der Waals surface area contributed by atoms with E-state index in [2.05, 4.69) is 80.2 Å². The quantitative estimate of drug-likeness (QED) is 0.394. The van der Waals surface area contributed by atoms with Crippen LogP contribution in [0.3, 0.4) is 0 Å². The van der Waals surface area contributed by atoms with Gasteiger partial charge in [0.25, 0.3) is 0 Å². The van der Waals surface area contributed by atoms with E-state index in [1.807, 2.05) is 24.7 Å². The molecule has 0 bridgehead atoms. The van der Waals surface area contributed by atoms with Crippen LogP contribution in [0.1, 0.15) is 30.4 Å². The van der Waals surface area contributed by atoms with Gasteiger partial charge in [0, 0.05) is 85.3 Å². The van der Waals surface area contributed by atoms with Crippen LogP contribution in [0, 0.1) is 0 Å². The molecule has 0 amide bonds. The van der Waals surface area contributed by atoms with Gasteiger partial charge in [0.15, 0.2) is 0 Å². The van der Waals surface area contributed by atoms with Gasteiger partial charge in [0.05, 0.1) is 0 Å².